The third-order valence-electron chi connectivity index (χ3n) is 2.53. The summed E-state index contributed by atoms with van der Waals surface area (Å²) in [6, 6.07) is 3.56. The minimum Gasteiger partial charge on any atom is -0.313 e. The molecule has 0 saturated heterocycles. The smallest absolute Gasteiger partial charge is 0.0635 e. The molecule has 1 rings (SSSR count). The molecule has 0 amide bonds. The molecule has 80 valence electrons. The molecular formula is C11H21N3. The van der Waals surface area contributed by atoms with Gasteiger partial charge >= 0.3 is 0 Å². The van der Waals surface area contributed by atoms with Crippen molar-refractivity contribution in [3.63, 3.8) is 0 Å². The standard InChI is InChI=1S/C11H21N3/c1-10(2)13-7-9-14(8-3-6-12)11-4-5-11/h10-11,13H,3-5,7-9H2,1-2H3. The molecule has 1 N–H and O–H groups in total. The lowest BCUT2D eigenvalue weighted by Gasteiger charge is -2.21. The summed E-state index contributed by atoms with van der Waals surface area (Å²) in [5, 5.41) is 11.9. The van der Waals surface area contributed by atoms with Gasteiger partial charge in [0.25, 0.3) is 0 Å². The van der Waals surface area contributed by atoms with Gasteiger partial charge in [0.1, 0.15) is 0 Å². The van der Waals surface area contributed by atoms with Gasteiger partial charge in [0, 0.05) is 38.1 Å². The molecule has 1 saturated carbocycles. The molecular weight excluding hydrogens is 174 g/mol. The van der Waals surface area contributed by atoms with Crippen LogP contribution in [0.25, 0.3) is 0 Å². The fraction of sp³-hybridized carbons (Fsp3) is 0.909. The second kappa shape index (κ2) is 6.00. The molecule has 1 fully saturated rings. The van der Waals surface area contributed by atoms with E-state index in [-0.39, 0.29) is 0 Å². The highest BCUT2D eigenvalue weighted by Crippen LogP contribution is 2.26. The normalized spacial score (nSPS) is 16.2. The average Bonchev–Trinajstić information content (AvgIpc) is 2.93. The zero-order valence-corrected chi connectivity index (χ0v) is 9.29. The molecule has 3 heteroatoms. The van der Waals surface area contributed by atoms with E-state index in [1.807, 2.05) is 0 Å². The van der Waals surface area contributed by atoms with Crippen molar-refractivity contribution in [1.82, 2.24) is 10.2 Å². The minimum absolute atomic E-state index is 0.562. The van der Waals surface area contributed by atoms with E-state index < -0.39 is 0 Å². The maximum atomic E-state index is 8.54. The second-order valence-electron chi connectivity index (χ2n) is 4.28. The van der Waals surface area contributed by atoms with Gasteiger partial charge < -0.3 is 5.32 Å². The lowest BCUT2D eigenvalue weighted by molar-refractivity contribution is 0.266. The van der Waals surface area contributed by atoms with Crippen molar-refractivity contribution in [3.05, 3.63) is 0 Å². The van der Waals surface area contributed by atoms with Crippen LogP contribution in [-0.4, -0.2) is 36.6 Å². The molecule has 0 unspecified atom stereocenters. The highest BCUT2D eigenvalue weighted by atomic mass is 15.2. The van der Waals surface area contributed by atoms with Crippen LogP contribution in [0.4, 0.5) is 0 Å². The van der Waals surface area contributed by atoms with Crippen LogP contribution in [0.15, 0.2) is 0 Å². The maximum Gasteiger partial charge on any atom is 0.0635 e. The van der Waals surface area contributed by atoms with E-state index in [0.717, 1.165) is 25.7 Å². The fourth-order valence-corrected chi connectivity index (χ4v) is 1.61. The monoisotopic (exact) mass is 195 g/mol. The lowest BCUT2D eigenvalue weighted by atomic mass is 10.3. The molecule has 0 aromatic carbocycles. The van der Waals surface area contributed by atoms with E-state index >= 15 is 0 Å². The number of hydrogen-bond donors (Lipinski definition) is 1. The van der Waals surface area contributed by atoms with Crippen LogP contribution < -0.4 is 5.32 Å². The summed E-state index contributed by atoms with van der Waals surface area (Å²) in [5.74, 6) is 0. The van der Waals surface area contributed by atoms with Gasteiger partial charge in [-0.3, -0.25) is 4.90 Å². The highest BCUT2D eigenvalue weighted by Gasteiger charge is 2.27. The van der Waals surface area contributed by atoms with Gasteiger partial charge in [-0.15, -0.1) is 0 Å². The second-order valence-corrected chi connectivity index (χ2v) is 4.28. The highest BCUT2D eigenvalue weighted by molar-refractivity contribution is 4.86. The third kappa shape index (κ3) is 4.59. The number of rotatable bonds is 7. The van der Waals surface area contributed by atoms with E-state index in [1.165, 1.54) is 12.8 Å². The van der Waals surface area contributed by atoms with Crippen LogP contribution in [0, 0.1) is 11.3 Å². The zero-order chi connectivity index (χ0) is 10.4. The average molecular weight is 195 g/mol. The largest absolute Gasteiger partial charge is 0.313 e. The van der Waals surface area contributed by atoms with Crippen molar-refractivity contribution >= 4 is 0 Å². The first-order valence-corrected chi connectivity index (χ1v) is 5.58. The Hall–Kier alpha value is -0.590. The van der Waals surface area contributed by atoms with Crippen molar-refractivity contribution < 1.29 is 0 Å². The Balaban J connectivity index is 2.12. The van der Waals surface area contributed by atoms with Crippen LogP contribution in [0.3, 0.4) is 0 Å². The molecule has 14 heavy (non-hydrogen) atoms. The minimum atomic E-state index is 0.562. The lowest BCUT2D eigenvalue weighted by Crippen LogP contribution is -2.36. The summed E-state index contributed by atoms with van der Waals surface area (Å²) in [6.45, 7) is 7.40. The van der Waals surface area contributed by atoms with Crippen molar-refractivity contribution in [3.8, 4) is 6.07 Å². The Morgan fingerprint density at radius 2 is 2.14 bits per heavy atom. The Bertz CT molecular complexity index is 191. The predicted octanol–water partition coefficient (Wildman–Crippen LogP) is 1.36. The predicted molar refractivity (Wildman–Crippen MR) is 58.0 cm³/mol. The Kier molecular flexibility index (Phi) is 4.92. The summed E-state index contributed by atoms with van der Waals surface area (Å²) < 4.78 is 0. The van der Waals surface area contributed by atoms with Gasteiger partial charge in [0.2, 0.25) is 0 Å². The first-order chi connectivity index (χ1) is 6.74. The van der Waals surface area contributed by atoms with E-state index in [0.29, 0.717) is 12.5 Å². The number of nitriles is 1. The van der Waals surface area contributed by atoms with Crippen molar-refractivity contribution in [2.45, 2.75) is 45.2 Å². The van der Waals surface area contributed by atoms with Gasteiger partial charge in [-0.1, -0.05) is 13.8 Å². The molecule has 1 aliphatic rings. The molecule has 0 heterocycles. The molecule has 0 aromatic heterocycles. The first kappa shape index (κ1) is 11.5. The molecule has 0 aliphatic heterocycles. The third-order valence-corrected chi connectivity index (χ3v) is 2.53. The summed E-state index contributed by atoms with van der Waals surface area (Å²) in [6.07, 6.45) is 3.32. The van der Waals surface area contributed by atoms with Gasteiger partial charge in [0.15, 0.2) is 0 Å². The van der Waals surface area contributed by atoms with Crippen LogP contribution in [0.1, 0.15) is 33.1 Å². The van der Waals surface area contributed by atoms with E-state index in [4.69, 9.17) is 5.26 Å². The first-order valence-electron chi connectivity index (χ1n) is 5.58. The maximum absolute atomic E-state index is 8.54. The summed E-state index contributed by atoms with van der Waals surface area (Å²) in [4.78, 5) is 2.44. The van der Waals surface area contributed by atoms with Crippen LogP contribution in [-0.2, 0) is 0 Å². The van der Waals surface area contributed by atoms with Crippen molar-refractivity contribution in [2.24, 2.45) is 0 Å². The van der Waals surface area contributed by atoms with E-state index in [1.54, 1.807) is 0 Å². The summed E-state index contributed by atoms with van der Waals surface area (Å²) in [7, 11) is 0. The van der Waals surface area contributed by atoms with Crippen molar-refractivity contribution in [1.29, 1.82) is 5.26 Å². The van der Waals surface area contributed by atoms with Gasteiger partial charge in [-0.05, 0) is 12.8 Å². The molecule has 0 aromatic rings. The van der Waals surface area contributed by atoms with Crippen LogP contribution >= 0.6 is 0 Å². The topological polar surface area (TPSA) is 39.1 Å². The molecule has 1 aliphatic carbocycles. The Morgan fingerprint density at radius 1 is 1.43 bits per heavy atom. The Morgan fingerprint density at radius 3 is 2.64 bits per heavy atom. The number of hydrogen-bond acceptors (Lipinski definition) is 3. The summed E-state index contributed by atoms with van der Waals surface area (Å²) in [5.41, 5.74) is 0. The van der Waals surface area contributed by atoms with Gasteiger partial charge in [-0.25, -0.2) is 0 Å². The van der Waals surface area contributed by atoms with E-state index in [2.05, 4.69) is 30.1 Å². The molecule has 0 spiro atoms. The van der Waals surface area contributed by atoms with Crippen molar-refractivity contribution in [2.75, 3.05) is 19.6 Å². The summed E-state index contributed by atoms with van der Waals surface area (Å²) >= 11 is 0. The molecule has 3 nitrogen and oxygen atoms in total. The van der Waals surface area contributed by atoms with Gasteiger partial charge in [0.05, 0.1) is 6.07 Å². The van der Waals surface area contributed by atoms with Crippen LogP contribution in [0.5, 0.6) is 0 Å². The molecule has 0 atom stereocenters. The quantitative estimate of drug-likeness (QED) is 0.666. The van der Waals surface area contributed by atoms with Crippen LogP contribution in [0.2, 0.25) is 0 Å². The van der Waals surface area contributed by atoms with E-state index in [9.17, 15) is 0 Å². The fourth-order valence-electron chi connectivity index (χ4n) is 1.61. The number of nitrogens with one attached hydrogen (secondary N) is 1. The number of nitrogens with zero attached hydrogens (tertiary/aromatic N) is 2. The molecule has 0 radical (unpaired) electrons. The van der Waals surface area contributed by atoms with Gasteiger partial charge in [-0.2, -0.15) is 5.26 Å². The Labute approximate surface area is 87.1 Å². The molecule has 0 bridgehead atoms. The SMILES string of the molecule is CC(C)NCCN(CCC#N)C1CC1. The zero-order valence-electron chi connectivity index (χ0n) is 9.29.